The van der Waals surface area contributed by atoms with E-state index in [0.717, 1.165) is 46.0 Å². The van der Waals surface area contributed by atoms with Crippen LogP contribution in [0.15, 0.2) is 79.0 Å². The molecule has 186 valence electrons. The average molecular weight is 486 g/mol. The molecule has 0 bridgehead atoms. The molecule has 0 aliphatic carbocycles. The number of anilines is 1. The fourth-order valence-corrected chi connectivity index (χ4v) is 4.50. The number of carbonyl (C=O) groups is 2. The maximum absolute atomic E-state index is 12.3. The molecule has 0 saturated heterocycles. The summed E-state index contributed by atoms with van der Waals surface area (Å²) >= 11 is 0. The quantitative estimate of drug-likeness (QED) is 0.113. The lowest BCUT2D eigenvalue weighted by Gasteiger charge is -2.23. The summed E-state index contributed by atoms with van der Waals surface area (Å²) in [6, 6.07) is 24.4. The van der Waals surface area contributed by atoms with Gasteiger partial charge in [-0.15, -0.1) is 0 Å². The summed E-state index contributed by atoms with van der Waals surface area (Å²) in [6.07, 6.45) is 4.74. The lowest BCUT2D eigenvalue weighted by atomic mass is 9.96. The highest BCUT2D eigenvalue weighted by Crippen LogP contribution is 2.31. The summed E-state index contributed by atoms with van der Waals surface area (Å²) in [5, 5.41) is 19.8. The number of hydroxylamine groups is 1. The van der Waals surface area contributed by atoms with Gasteiger partial charge in [-0.1, -0.05) is 61.4 Å². The fourth-order valence-electron chi connectivity index (χ4n) is 4.50. The van der Waals surface area contributed by atoms with E-state index in [2.05, 4.69) is 41.4 Å². The molecule has 0 spiro atoms. The highest BCUT2D eigenvalue weighted by Gasteiger charge is 2.19. The molecule has 0 aliphatic rings. The lowest BCUT2D eigenvalue weighted by Crippen LogP contribution is -2.31. The molecule has 0 atom stereocenters. The Kier molecular flexibility index (Phi) is 8.36. The zero-order valence-electron chi connectivity index (χ0n) is 20.1. The van der Waals surface area contributed by atoms with E-state index < -0.39 is 12.0 Å². The zero-order valence-corrected chi connectivity index (χ0v) is 20.1. The first kappa shape index (κ1) is 25.0. The van der Waals surface area contributed by atoms with Crippen LogP contribution in [0, 0.1) is 0 Å². The van der Waals surface area contributed by atoms with Crippen LogP contribution in [0.1, 0.15) is 43.2 Å². The molecule has 0 radical (unpaired) electrons. The molecule has 1 aromatic heterocycles. The van der Waals surface area contributed by atoms with Crippen molar-refractivity contribution in [3.63, 3.8) is 0 Å². The molecule has 0 aliphatic heterocycles. The van der Waals surface area contributed by atoms with Crippen molar-refractivity contribution in [1.29, 1.82) is 0 Å². The molecule has 4 rings (SSSR count). The Morgan fingerprint density at radius 1 is 0.861 bits per heavy atom. The molecule has 7 nitrogen and oxygen atoms in total. The summed E-state index contributed by atoms with van der Waals surface area (Å²) in [5.41, 5.74) is 7.55. The second kappa shape index (κ2) is 12.0. The largest absolute Gasteiger partial charge is 0.465 e. The van der Waals surface area contributed by atoms with Crippen molar-refractivity contribution in [2.75, 3.05) is 11.4 Å². The van der Waals surface area contributed by atoms with Crippen LogP contribution in [0.25, 0.3) is 22.0 Å². The van der Waals surface area contributed by atoms with Crippen molar-refractivity contribution in [2.45, 2.75) is 38.5 Å². The van der Waals surface area contributed by atoms with Crippen LogP contribution in [0.5, 0.6) is 0 Å². The van der Waals surface area contributed by atoms with Crippen LogP contribution in [-0.2, 0) is 11.2 Å². The van der Waals surface area contributed by atoms with E-state index in [9.17, 15) is 14.7 Å². The van der Waals surface area contributed by atoms with E-state index in [0.29, 0.717) is 31.5 Å². The zero-order chi connectivity index (χ0) is 25.3. The maximum atomic E-state index is 12.3. The number of amides is 2. The van der Waals surface area contributed by atoms with E-state index in [1.807, 2.05) is 42.6 Å². The Balaban J connectivity index is 1.57. The highest BCUT2D eigenvalue weighted by molar-refractivity contribution is 5.89. The van der Waals surface area contributed by atoms with Gasteiger partial charge in [0.25, 0.3) is 0 Å². The molecular weight excluding hydrogens is 454 g/mol. The number of hydrogen-bond acceptors (Lipinski definition) is 3. The number of rotatable bonds is 11. The van der Waals surface area contributed by atoms with Crippen molar-refractivity contribution in [2.24, 2.45) is 0 Å². The van der Waals surface area contributed by atoms with Crippen molar-refractivity contribution < 1.29 is 19.9 Å². The fraction of sp³-hybridized carbons (Fsp3) is 0.241. The summed E-state index contributed by atoms with van der Waals surface area (Å²) in [6.45, 7) is 0.372. The van der Waals surface area contributed by atoms with Crippen molar-refractivity contribution in [3.8, 4) is 11.1 Å². The minimum absolute atomic E-state index is 0.260. The third kappa shape index (κ3) is 6.31. The van der Waals surface area contributed by atoms with Gasteiger partial charge in [-0.25, -0.2) is 10.3 Å². The predicted octanol–water partition coefficient (Wildman–Crippen LogP) is 6.37. The van der Waals surface area contributed by atoms with Crippen molar-refractivity contribution in [1.82, 2.24) is 10.5 Å². The Hall–Kier alpha value is -4.10. The molecule has 0 saturated carbocycles. The molecule has 2 amide bonds. The van der Waals surface area contributed by atoms with Gasteiger partial charge in [-0.3, -0.25) is 14.9 Å². The van der Waals surface area contributed by atoms with Gasteiger partial charge < -0.3 is 10.1 Å². The van der Waals surface area contributed by atoms with Gasteiger partial charge in [0.1, 0.15) is 0 Å². The minimum Gasteiger partial charge on any atom is -0.465 e. The van der Waals surface area contributed by atoms with Crippen LogP contribution in [0.3, 0.4) is 0 Å². The first-order valence-corrected chi connectivity index (χ1v) is 12.2. The first-order valence-electron chi connectivity index (χ1n) is 12.2. The van der Waals surface area contributed by atoms with Crippen molar-refractivity contribution >= 4 is 28.6 Å². The Labute approximate surface area is 210 Å². The number of carbonyl (C=O) groups excluding carboxylic acids is 1. The third-order valence-corrected chi connectivity index (χ3v) is 6.39. The van der Waals surface area contributed by atoms with E-state index in [-0.39, 0.29) is 6.42 Å². The predicted molar refractivity (Wildman–Crippen MR) is 141 cm³/mol. The highest BCUT2D eigenvalue weighted by atomic mass is 16.5. The second-order valence-electron chi connectivity index (χ2n) is 8.92. The van der Waals surface area contributed by atoms with Crippen LogP contribution >= 0.6 is 0 Å². The van der Waals surface area contributed by atoms with E-state index in [1.54, 1.807) is 5.48 Å². The topological polar surface area (TPSA) is 106 Å². The van der Waals surface area contributed by atoms with Gasteiger partial charge in [0.15, 0.2) is 0 Å². The van der Waals surface area contributed by atoms with Gasteiger partial charge in [0.2, 0.25) is 5.91 Å². The van der Waals surface area contributed by atoms with Gasteiger partial charge in [-0.05, 0) is 71.2 Å². The van der Waals surface area contributed by atoms with E-state index >= 15 is 0 Å². The summed E-state index contributed by atoms with van der Waals surface area (Å²) in [4.78, 5) is 28.1. The number of hydrogen-bond donors (Lipinski definition) is 4. The molecule has 3 aromatic carbocycles. The average Bonchev–Trinajstić information content (AvgIpc) is 3.37. The summed E-state index contributed by atoms with van der Waals surface area (Å²) in [5.74, 6) is -0.400. The Morgan fingerprint density at radius 3 is 2.39 bits per heavy atom. The number of benzene rings is 3. The Morgan fingerprint density at radius 2 is 1.61 bits per heavy atom. The first-order chi connectivity index (χ1) is 17.5. The number of carboxylic acid groups (broad SMARTS) is 1. The number of H-pyrrole nitrogens is 1. The molecule has 1 heterocycles. The van der Waals surface area contributed by atoms with E-state index in [4.69, 9.17) is 5.21 Å². The van der Waals surface area contributed by atoms with Gasteiger partial charge in [0.05, 0.1) is 5.69 Å². The minimum atomic E-state index is -0.982. The third-order valence-electron chi connectivity index (χ3n) is 6.39. The van der Waals surface area contributed by atoms with Crippen LogP contribution in [0.4, 0.5) is 10.5 Å². The van der Waals surface area contributed by atoms with E-state index in [1.165, 1.54) is 4.90 Å². The smallest absolute Gasteiger partial charge is 0.411 e. The van der Waals surface area contributed by atoms with Crippen LogP contribution < -0.4 is 10.4 Å². The molecule has 36 heavy (non-hydrogen) atoms. The monoisotopic (exact) mass is 485 g/mol. The number of fused-ring (bicyclic) bond motifs is 1. The van der Waals surface area contributed by atoms with Gasteiger partial charge >= 0.3 is 6.09 Å². The Bertz CT molecular complexity index is 1320. The van der Waals surface area contributed by atoms with Gasteiger partial charge in [0, 0.05) is 24.7 Å². The molecule has 4 aromatic rings. The number of nitrogens with zero attached hydrogens (tertiary/aromatic N) is 1. The van der Waals surface area contributed by atoms with Crippen LogP contribution in [0.2, 0.25) is 0 Å². The second-order valence-corrected chi connectivity index (χ2v) is 8.92. The summed E-state index contributed by atoms with van der Waals surface area (Å²) < 4.78 is 0. The number of unbranched alkanes of at least 4 members (excludes halogenated alkanes) is 3. The van der Waals surface area contributed by atoms with Crippen molar-refractivity contribution in [3.05, 3.63) is 90.1 Å². The molecular formula is C29H31N3O4. The molecule has 0 unspecified atom stereocenters. The van der Waals surface area contributed by atoms with Crippen LogP contribution in [-0.4, -0.2) is 33.8 Å². The SMILES string of the molecule is O=C(CCCCCCN(C(=O)O)c1ccc(-c2ccc3cc[nH]c3c2)cc1Cc1ccccc1)NO. The molecule has 0 fully saturated rings. The number of aromatic nitrogens is 1. The number of nitrogens with one attached hydrogen (secondary N) is 2. The normalized spacial score (nSPS) is 10.9. The molecule has 7 heteroatoms. The summed E-state index contributed by atoms with van der Waals surface area (Å²) in [7, 11) is 0. The number of aromatic amines is 1. The standard InChI is InChI=1S/C29H31N3O4/c33-28(31-36)10-6-1-2-7-17-32(29(34)35)27-14-13-23(19-25(27)18-21-8-4-3-5-9-21)24-12-11-22-15-16-30-26(22)20-24/h3-5,8-9,11-16,19-20,30,36H,1-2,6-7,10,17-18H2,(H,31,33)(H,34,35). The van der Waals surface area contributed by atoms with Gasteiger partial charge in [-0.2, -0.15) is 0 Å². The lowest BCUT2D eigenvalue weighted by molar-refractivity contribution is -0.129. The molecule has 4 N–H and O–H groups in total. The maximum Gasteiger partial charge on any atom is 0.411 e.